The summed E-state index contributed by atoms with van der Waals surface area (Å²) >= 11 is 0. The van der Waals surface area contributed by atoms with Gasteiger partial charge in [0.05, 0.1) is 18.6 Å². The summed E-state index contributed by atoms with van der Waals surface area (Å²) in [4.78, 5) is 2.14. The first-order valence-electron chi connectivity index (χ1n) is 6.66. The maximum atomic E-state index is 13.7. The highest BCUT2D eigenvalue weighted by Gasteiger charge is 2.31. The molecule has 0 bridgehead atoms. The Balaban J connectivity index is 2.39. The first-order valence-corrected chi connectivity index (χ1v) is 6.66. The summed E-state index contributed by atoms with van der Waals surface area (Å²) < 4.78 is 13.7. The molecule has 4 heteroatoms. The Bertz CT molecular complexity index is 504. The van der Waals surface area contributed by atoms with Gasteiger partial charge in [-0.05, 0) is 44.4 Å². The number of nitriles is 1. The van der Waals surface area contributed by atoms with E-state index >= 15 is 0 Å². The van der Waals surface area contributed by atoms with E-state index in [-0.39, 0.29) is 5.82 Å². The highest BCUT2D eigenvalue weighted by atomic mass is 19.1. The molecule has 1 aromatic rings. The maximum Gasteiger partial charge on any atom is 0.126 e. The SMILES string of the molecule is Cc1cc(N(CCC#N)C2CC2)c([C@H](C)O)cc1F. The summed E-state index contributed by atoms with van der Waals surface area (Å²) in [7, 11) is 0. The highest BCUT2D eigenvalue weighted by molar-refractivity contribution is 5.58. The largest absolute Gasteiger partial charge is 0.389 e. The molecule has 1 fully saturated rings. The molecule has 1 aromatic carbocycles. The Morgan fingerprint density at radius 1 is 1.53 bits per heavy atom. The van der Waals surface area contributed by atoms with Gasteiger partial charge in [0, 0.05) is 23.8 Å². The summed E-state index contributed by atoms with van der Waals surface area (Å²) in [5.41, 5.74) is 2.04. The van der Waals surface area contributed by atoms with Crippen molar-refractivity contribution < 1.29 is 9.50 Å². The van der Waals surface area contributed by atoms with Gasteiger partial charge in [-0.15, -0.1) is 0 Å². The van der Waals surface area contributed by atoms with Gasteiger partial charge >= 0.3 is 0 Å². The van der Waals surface area contributed by atoms with Gasteiger partial charge in [0.2, 0.25) is 0 Å². The second-order valence-corrected chi connectivity index (χ2v) is 5.17. The van der Waals surface area contributed by atoms with Crippen LogP contribution in [0.4, 0.5) is 10.1 Å². The molecule has 19 heavy (non-hydrogen) atoms. The topological polar surface area (TPSA) is 47.3 Å². The van der Waals surface area contributed by atoms with Crippen LogP contribution in [0.5, 0.6) is 0 Å². The van der Waals surface area contributed by atoms with Crippen molar-refractivity contribution in [2.45, 2.75) is 45.3 Å². The molecule has 0 heterocycles. The number of aliphatic hydroxyl groups is 1. The van der Waals surface area contributed by atoms with E-state index in [0.29, 0.717) is 30.1 Å². The normalized spacial score (nSPS) is 15.9. The van der Waals surface area contributed by atoms with Crippen molar-refractivity contribution in [2.75, 3.05) is 11.4 Å². The van der Waals surface area contributed by atoms with E-state index in [0.717, 1.165) is 18.5 Å². The molecule has 0 aliphatic heterocycles. The van der Waals surface area contributed by atoms with Crippen LogP contribution in [0.3, 0.4) is 0 Å². The summed E-state index contributed by atoms with van der Waals surface area (Å²) in [6, 6.07) is 5.77. The van der Waals surface area contributed by atoms with Gasteiger partial charge in [-0.3, -0.25) is 0 Å². The second kappa shape index (κ2) is 5.58. The molecular formula is C15H19FN2O. The molecule has 1 atom stereocenters. The zero-order valence-corrected chi connectivity index (χ0v) is 11.4. The fraction of sp³-hybridized carbons (Fsp3) is 0.533. The average molecular weight is 262 g/mol. The molecule has 0 spiro atoms. The number of aliphatic hydroxyl groups excluding tert-OH is 1. The van der Waals surface area contributed by atoms with Crippen LogP contribution in [0.15, 0.2) is 12.1 Å². The third-order valence-corrected chi connectivity index (χ3v) is 3.52. The predicted molar refractivity (Wildman–Crippen MR) is 72.4 cm³/mol. The van der Waals surface area contributed by atoms with Gasteiger partial charge in [-0.2, -0.15) is 5.26 Å². The van der Waals surface area contributed by atoms with Crippen LogP contribution in [0.25, 0.3) is 0 Å². The minimum Gasteiger partial charge on any atom is -0.389 e. The van der Waals surface area contributed by atoms with Gasteiger partial charge in [-0.1, -0.05) is 0 Å². The monoisotopic (exact) mass is 262 g/mol. The fourth-order valence-electron chi connectivity index (χ4n) is 2.32. The maximum absolute atomic E-state index is 13.7. The minimum absolute atomic E-state index is 0.296. The molecule has 0 saturated heterocycles. The standard InChI is InChI=1S/C15H19FN2O/c1-10-8-15(13(11(2)19)9-14(10)16)18(7-3-6-17)12-4-5-12/h8-9,11-12,19H,3-5,7H2,1-2H3/t11-/m0/s1. The Kier molecular flexibility index (Phi) is 4.06. The number of rotatable bonds is 5. The van der Waals surface area contributed by atoms with Crippen molar-refractivity contribution in [3.63, 3.8) is 0 Å². The van der Waals surface area contributed by atoms with Crippen LogP contribution >= 0.6 is 0 Å². The first kappa shape index (κ1) is 13.8. The number of anilines is 1. The molecule has 1 aliphatic rings. The number of aryl methyl sites for hydroxylation is 1. The van der Waals surface area contributed by atoms with E-state index < -0.39 is 6.10 Å². The Morgan fingerprint density at radius 2 is 2.21 bits per heavy atom. The Morgan fingerprint density at radius 3 is 2.74 bits per heavy atom. The fourth-order valence-corrected chi connectivity index (χ4v) is 2.32. The third kappa shape index (κ3) is 3.05. The van der Waals surface area contributed by atoms with Crippen LogP contribution in [-0.2, 0) is 0 Å². The smallest absolute Gasteiger partial charge is 0.126 e. The number of benzene rings is 1. The van der Waals surface area contributed by atoms with Crippen molar-refractivity contribution in [1.82, 2.24) is 0 Å². The lowest BCUT2D eigenvalue weighted by Gasteiger charge is -2.28. The van der Waals surface area contributed by atoms with Gasteiger partial charge in [0.25, 0.3) is 0 Å². The predicted octanol–water partition coefficient (Wildman–Crippen LogP) is 3.07. The van der Waals surface area contributed by atoms with Crippen LogP contribution in [0.2, 0.25) is 0 Å². The van der Waals surface area contributed by atoms with E-state index in [9.17, 15) is 9.50 Å². The van der Waals surface area contributed by atoms with E-state index in [1.54, 1.807) is 19.9 Å². The van der Waals surface area contributed by atoms with Crippen LogP contribution in [0.1, 0.15) is 43.4 Å². The van der Waals surface area contributed by atoms with E-state index in [1.165, 1.54) is 6.07 Å². The zero-order valence-electron chi connectivity index (χ0n) is 11.4. The van der Waals surface area contributed by atoms with Crippen molar-refractivity contribution in [2.24, 2.45) is 0 Å². The van der Waals surface area contributed by atoms with E-state index in [4.69, 9.17) is 5.26 Å². The molecule has 0 amide bonds. The van der Waals surface area contributed by atoms with Gasteiger partial charge < -0.3 is 10.0 Å². The molecule has 102 valence electrons. The molecule has 3 nitrogen and oxygen atoms in total. The Labute approximate surface area is 113 Å². The lowest BCUT2D eigenvalue weighted by Crippen LogP contribution is -2.28. The number of hydrogen-bond acceptors (Lipinski definition) is 3. The molecule has 0 radical (unpaired) electrons. The van der Waals surface area contributed by atoms with Crippen LogP contribution in [0, 0.1) is 24.1 Å². The molecule has 2 rings (SSSR count). The molecule has 1 N–H and O–H groups in total. The van der Waals surface area contributed by atoms with Crippen molar-refractivity contribution in [1.29, 1.82) is 5.26 Å². The molecule has 1 saturated carbocycles. The minimum atomic E-state index is -0.714. The lowest BCUT2D eigenvalue weighted by atomic mass is 10.0. The van der Waals surface area contributed by atoms with Crippen LogP contribution < -0.4 is 4.90 Å². The average Bonchev–Trinajstić information content (AvgIpc) is 3.17. The number of nitrogens with zero attached hydrogens (tertiary/aromatic N) is 2. The van der Waals surface area contributed by atoms with Gasteiger partial charge in [0.15, 0.2) is 0 Å². The van der Waals surface area contributed by atoms with Crippen molar-refractivity contribution in [3.8, 4) is 6.07 Å². The first-order chi connectivity index (χ1) is 9.04. The molecule has 0 aromatic heterocycles. The van der Waals surface area contributed by atoms with Gasteiger partial charge in [0.1, 0.15) is 5.82 Å². The summed E-state index contributed by atoms with van der Waals surface area (Å²) in [5, 5.41) is 18.6. The number of halogens is 1. The summed E-state index contributed by atoms with van der Waals surface area (Å²) in [5.74, 6) is -0.296. The van der Waals surface area contributed by atoms with Crippen molar-refractivity contribution in [3.05, 3.63) is 29.1 Å². The van der Waals surface area contributed by atoms with Crippen molar-refractivity contribution >= 4 is 5.69 Å². The highest BCUT2D eigenvalue weighted by Crippen LogP contribution is 2.37. The third-order valence-electron chi connectivity index (χ3n) is 3.52. The Hall–Kier alpha value is -1.60. The van der Waals surface area contributed by atoms with Crippen LogP contribution in [-0.4, -0.2) is 17.7 Å². The second-order valence-electron chi connectivity index (χ2n) is 5.17. The molecular weight excluding hydrogens is 243 g/mol. The van der Waals surface area contributed by atoms with E-state index in [2.05, 4.69) is 11.0 Å². The summed E-state index contributed by atoms with van der Waals surface area (Å²) in [6.45, 7) is 4.00. The molecule has 0 unspecified atom stereocenters. The quantitative estimate of drug-likeness (QED) is 0.887. The van der Waals surface area contributed by atoms with Gasteiger partial charge in [-0.25, -0.2) is 4.39 Å². The lowest BCUT2D eigenvalue weighted by molar-refractivity contribution is 0.199. The number of hydrogen-bond donors (Lipinski definition) is 1. The molecule has 1 aliphatic carbocycles. The van der Waals surface area contributed by atoms with E-state index in [1.807, 2.05) is 0 Å². The summed E-state index contributed by atoms with van der Waals surface area (Å²) in [6.07, 6.45) is 1.92. The zero-order chi connectivity index (χ0) is 14.0.